The van der Waals surface area contributed by atoms with Crippen LogP contribution in [-0.4, -0.2) is 89.0 Å². The van der Waals surface area contributed by atoms with Crippen molar-refractivity contribution < 1.29 is 49.0 Å². The number of carbonyl (C=O) groups excluding carboxylic acids is 2. The quantitative estimate of drug-likeness (QED) is 0.0271. The van der Waals surface area contributed by atoms with Crippen LogP contribution in [0.3, 0.4) is 0 Å². The lowest BCUT2D eigenvalue weighted by Crippen LogP contribution is -2.59. The van der Waals surface area contributed by atoms with Crippen LogP contribution in [0.15, 0.2) is 48.6 Å². The van der Waals surface area contributed by atoms with Crippen LogP contribution in [0.5, 0.6) is 0 Å². The van der Waals surface area contributed by atoms with Gasteiger partial charge in [0.25, 0.3) is 0 Å². The number of aliphatic hydroxyl groups is 4. The first-order chi connectivity index (χ1) is 27.8. The Bertz CT molecular complexity index is 1070. The molecule has 0 aromatic heterocycles. The van der Waals surface area contributed by atoms with Gasteiger partial charge in [-0.1, -0.05) is 140 Å². The van der Waals surface area contributed by atoms with Gasteiger partial charge in [-0.2, -0.15) is 0 Å². The first-order valence-corrected chi connectivity index (χ1v) is 22.7. The summed E-state index contributed by atoms with van der Waals surface area (Å²) in [6, 6.07) is 0. The molecule has 330 valence electrons. The van der Waals surface area contributed by atoms with Crippen molar-refractivity contribution in [2.45, 2.75) is 218 Å². The Kier molecular flexibility index (Phi) is 35.0. The van der Waals surface area contributed by atoms with Crippen molar-refractivity contribution in [2.75, 3.05) is 19.8 Å². The van der Waals surface area contributed by atoms with Gasteiger partial charge in [0.2, 0.25) is 0 Å². The molecule has 1 heterocycles. The fourth-order valence-electron chi connectivity index (χ4n) is 6.54. The van der Waals surface area contributed by atoms with E-state index in [-0.39, 0.29) is 32.0 Å². The maximum absolute atomic E-state index is 12.7. The summed E-state index contributed by atoms with van der Waals surface area (Å²) in [5.74, 6) is -0.854. The van der Waals surface area contributed by atoms with E-state index in [1.165, 1.54) is 89.9 Å². The lowest BCUT2D eigenvalue weighted by Gasteiger charge is -2.39. The van der Waals surface area contributed by atoms with Crippen LogP contribution in [0, 0.1) is 0 Å². The van der Waals surface area contributed by atoms with Crippen LogP contribution < -0.4 is 0 Å². The molecule has 0 aromatic carbocycles. The second kappa shape index (κ2) is 37.9. The molecule has 1 rings (SSSR count). The van der Waals surface area contributed by atoms with Gasteiger partial charge in [-0.25, -0.2) is 0 Å². The normalized spacial score (nSPS) is 20.7. The summed E-state index contributed by atoms with van der Waals surface area (Å²) < 4.78 is 22.1. The number of allylic oxidation sites excluding steroid dienone is 8. The molecule has 0 bridgehead atoms. The molecule has 10 nitrogen and oxygen atoms in total. The number of hydrogen-bond donors (Lipinski definition) is 4. The van der Waals surface area contributed by atoms with E-state index in [2.05, 4.69) is 62.5 Å². The van der Waals surface area contributed by atoms with Gasteiger partial charge in [-0.3, -0.25) is 9.59 Å². The molecule has 4 N–H and O–H groups in total. The first-order valence-electron chi connectivity index (χ1n) is 22.7. The van der Waals surface area contributed by atoms with E-state index < -0.39 is 49.4 Å². The van der Waals surface area contributed by atoms with E-state index in [1.54, 1.807) is 0 Å². The summed E-state index contributed by atoms with van der Waals surface area (Å²) in [6.07, 6.45) is 36.9. The van der Waals surface area contributed by atoms with Gasteiger partial charge in [-0.15, -0.1) is 0 Å². The van der Waals surface area contributed by atoms with Crippen molar-refractivity contribution in [1.82, 2.24) is 0 Å². The lowest BCUT2D eigenvalue weighted by molar-refractivity contribution is -0.305. The number of unbranched alkanes of at least 4 members (excludes halogenated alkanes) is 18. The van der Waals surface area contributed by atoms with E-state index >= 15 is 0 Å². The minimum atomic E-state index is -1.60. The molecule has 0 aromatic rings. The molecule has 0 amide bonds. The van der Waals surface area contributed by atoms with Crippen LogP contribution in [0.1, 0.15) is 181 Å². The Morgan fingerprint density at radius 3 is 1.56 bits per heavy atom. The van der Waals surface area contributed by atoms with Crippen molar-refractivity contribution in [3.63, 3.8) is 0 Å². The predicted octanol–water partition coefficient (Wildman–Crippen LogP) is 9.67. The predicted molar refractivity (Wildman–Crippen MR) is 229 cm³/mol. The second-order valence-electron chi connectivity index (χ2n) is 15.5. The van der Waals surface area contributed by atoms with Crippen LogP contribution in [0.4, 0.5) is 0 Å². The third kappa shape index (κ3) is 29.5. The summed E-state index contributed by atoms with van der Waals surface area (Å²) >= 11 is 0. The van der Waals surface area contributed by atoms with Gasteiger partial charge in [0.1, 0.15) is 31.0 Å². The number of hydrogen-bond acceptors (Lipinski definition) is 10. The van der Waals surface area contributed by atoms with E-state index in [0.717, 1.165) is 57.8 Å². The highest BCUT2D eigenvalue weighted by molar-refractivity contribution is 5.70. The van der Waals surface area contributed by atoms with Gasteiger partial charge in [-0.05, 0) is 77.0 Å². The molecule has 57 heavy (non-hydrogen) atoms. The van der Waals surface area contributed by atoms with Gasteiger partial charge in [0.15, 0.2) is 12.4 Å². The molecular formula is C47H82O10. The fraction of sp³-hybridized carbons (Fsp3) is 0.787. The van der Waals surface area contributed by atoms with E-state index in [9.17, 15) is 30.0 Å². The summed E-state index contributed by atoms with van der Waals surface area (Å²) in [7, 11) is 0. The maximum atomic E-state index is 12.7. The largest absolute Gasteiger partial charge is 0.462 e. The van der Waals surface area contributed by atoms with E-state index in [0.29, 0.717) is 6.42 Å². The Labute approximate surface area is 346 Å². The number of rotatable bonds is 37. The molecule has 0 saturated carbocycles. The molecular weight excluding hydrogens is 725 g/mol. The standard InChI is InChI=1S/C47H82O10/c1-3-5-7-9-11-13-15-17-19-20-22-23-25-27-29-31-33-35-42(49)54-38-40(39-55-47-46(53)45(52)44(51)41(37-48)57-47)56-43(50)36-34-32-30-28-26-24-21-18-16-14-12-10-8-6-4-2/h12-15,18,21,26,28,40-41,44-48,51-53H,3-11,16-17,19-20,22-25,27,29-39H2,1-2H3/b14-12+,15-13+,21-18+,28-26+/t40-,41-,44+,45?,46?,47-/m0/s1. The molecule has 0 spiro atoms. The molecule has 2 unspecified atom stereocenters. The minimum absolute atomic E-state index is 0.180. The van der Waals surface area contributed by atoms with Crippen LogP contribution >= 0.6 is 0 Å². The van der Waals surface area contributed by atoms with Gasteiger partial charge < -0.3 is 39.4 Å². The van der Waals surface area contributed by atoms with Gasteiger partial charge >= 0.3 is 11.9 Å². The zero-order valence-corrected chi connectivity index (χ0v) is 35.8. The average molecular weight is 807 g/mol. The molecule has 1 fully saturated rings. The third-order valence-electron chi connectivity index (χ3n) is 10.2. The highest BCUT2D eigenvalue weighted by Gasteiger charge is 2.44. The number of carbonyl (C=O) groups is 2. The first kappa shape index (κ1) is 52.7. The number of aliphatic hydroxyl groups excluding tert-OH is 4. The zero-order valence-electron chi connectivity index (χ0n) is 35.8. The van der Waals surface area contributed by atoms with Gasteiger partial charge in [0, 0.05) is 12.8 Å². The number of esters is 2. The summed E-state index contributed by atoms with van der Waals surface area (Å²) in [4.78, 5) is 25.3. The van der Waals surface area contributed by atoms with Crippen LogP contribution in [-0.2, 0) is 28.5 Å². The number of ether oxygens (including phenoxy) is 4. The third-order valence-corrected chi connectivity index (χ3v) is 10.2. The molecule has 10 heteroatoms. The van der Waals surface area contributed by atoms with Gasteiger partial charge in [0.05, 0.1) is 13.2 Å². The van der Waals surface area contributed by atoms with Crippen molar-refractivity contribution in [3.8, 4) is 0 Å². The topological polar surface area (TPSA) is 152 Å². The SMILES string of the molecule is CCCCC/C=C/C/C=C/C/C=C/CCCCC(=O)O[C@@H](COC(=O)CCCCCCCCCCC/C=C/CCCCCC)CO[C@H]1O[C@@H](CO)[C@@H](O)C(O)C1O. The molecule has 6 atom stereocenters. The minimum Gasteiger partial charge on any atom is -0.462 e. The van der Waals surface area contributed by atoms with E-state index in [4.69, 9.17) is 18.9 Å². The van der Waals surface area contributed by atoms with Crippen molar-refractivity contribution in [1.29, 1.82) is 0 Å². The summed E-state index contributed by atoms with van der Waals surface area (Å²) in [5, 5.41) is 40.1. The van der Waals surface area contributed by atoms with Crippen LogP contribution in [0.2, 0.25) is 0 Å². The monoisotopic (exact) mass is 807 g/mol. The van der Waals surface area contributed by atoms with Crippen molar-refractivity contribution in [2.24, 2.45) is 0 Å². The fourth-order valence-corrected chi connectivity index (χ4v) is 6.54. The molecule has 1 aliphatic heterocycles. The average Bonchev–Trinajstić information content (AvgIpc) is 3.21. The lowest BCUT2D eigenvalue weighted by atomic mass is 9.99. The van der Waals surface area contributed by atoms with Crippen LogP contribution in [0.25, 0.3) is 0 Å². The molecule has 0 radical (unpaired) electrons. The molecule has 1 saturated heterocycles. The second-order valence-corrected chi connectivity index (χ2v) is 15.5. The Morgan fingerprint density at radius 1 is 0.544 bits per heavy atom. The molecule has 0 aliphatic carbocycles. The van der Waals surface area contributed by atoms with E-state index in [1.807, 2.05) is 0 Å². The molecule has 1 aliphatic rings. The Morgan fingerprint density at radius 2 is 0.982 bits per heavy atom. The Balaban J connectivity index is 2.35. The Hall–Kier alpha value is -2.34. The highest BCUT2D eigenvalue weighted by atomic mass is 16.7. The maximum Gasteiger partial charge on any atom is 0.306 e. The van der Waals surface area contributed by atoms with Crippen molar-refractivity contribution >= 4 is 11.9 Å². The highest BCUT2D eigenvalue weighted by Crippen LogP contribution is 2.22. The summed E-state index contributed by atoms with van der Waals surface area (Å²) in [6.45, 7) is 3.34. The zero-order chi connectivity index (χ0) is 41.6. The van der Waals surface area contributed by atoms with Crippen molar-refractivity contribution in [3.05, 3.63) is 48.6 Å². The summed E-state index contributed by atoms with van der Waals surface area (Å²) in [5.41, 5.74) is 0. The smallest absolute Gasteiger partial charge is 0.306 e.